The standard InChI is InChI=1S/C16H22N2O4S/c19-16-11-22-15-8-7-13(10-14(15)18-16)23(20,21)17-9-3-6-12-4-1-2-5-12/h7-8,10,12,17H,1-6,9,11H2,(H,18,19). The fraction of sp³-hybridized carbons (Fsp3) is 0.562. The molecule has 2 N–H and O–H groups in total. The third-order valence-corrected chi connectivity index (χ3v) is 5.91. The molecule has 0 unspecified atom stereocenters. The highest BCUT2D eigenvalue weighted by molar-refractivity contribution is 7.89. The number of nitrogens with one attached hydrogen (secondary N) is 2. The minimum absolute atomic E-state index is 0.0431. The Bertz CT molecular complexity index is 681. The Hall–Kier alpha value is -1.60. The third-order valence-electron chi connectivity index (χ3n) is 4.45. The summed E-state index contributed by atoms with van der Waals surface area (Å²) in [4.78, 5) is 11.5. The van der Waals surface area contributed by atoms with E-state index in [9.17, 15) is 13.2 Å². The molecular weight excluding hydrogens is 316 g/mol. The number of ether oxygens (including phenoxy) is 1. The molecule has 1 amide bonds. The van der Waals surface area contributed by atoms with Crippen LogP contribution in [0, 0.1) is 5.92 Å². The lowest BCUT2D eigenvalue weighted by Crippen LogP contribution is -2.27. The fourth-order valence-electron chi connectivity index (χ4n) is 3.21. The first-order valence-corrected chi connectivity index (χ1v) is 9.59. The van der Waals surface area contributed by atoms with Gasteiger partial charge in [-0.1, -0.05) is 25.7 Å². The number of benzene rings is 1. The van der Waals surface area contributed by atoms with Gasteiger partial charge in [0.15, 0.2) is 6.61 Å². The minimum Gasteiger partial charge on any atom is -0.482 e. The van der Waals surface area contributed by atoms with Gasteiger partial charge >= 0.3 is 0 Å². The maximum absolute atomic E-state index is 12.3. The van der Waals surface area contributed by atoms with Crippen LogP contribution in [0.15, 0.2) is 23.1 Å². The number of amides is 1. The molecule has 2 aliphatic rings. The highest BCUT2D eigenvalue weighted by Gasteiger charge is 2.21. The molecule has 1 aromatic carbocycles. The molecule has 1 aromatic rings. The van der Waals surface area contributed by atoms with Crippen molar-refractivity contribution in [1.29, 1.82) is 0 Å². The van der Waals surface area contributed by atoms with Gasteiger partial charge in [0.05, 0.1) is 10.6 Å². The van der Waals surface area contributed by atoms with Crippen molar-refractivity contribution >= 4 is 21.6 Å². The fourth-order valence-corrected chi connectivity index (χ4v) is 4.31. The van der Waals surface area contributed by atoms with Gasteiger partial charge in [-0.3, -0.25) is 4.79 Å². The Morgan fingerprint density at radius 3 is 2.83 bits per heavy atom. The summed E-state index contributed by atoms with van der Waals surface area (Å²) < 4.78 is 32.5. The second-order valence-electron chi connectivity index (χ2n) is 6.19. The van der Waals surface area contributed by atoms with E-state index in [0.717, 1.165) is 18.8 Å². The predicted octanol–water partition coefficient (Wildman–Crippen LogP) is 2.27. The van der Waals surface area contributed by atoms with Crippen molar-refractivity contribution in [2.45, 2.75) is 43.4 Å². The van der Waals surface area contributed by atoms with Gasteiger partial charge in [0.1, 0.15) is 5.75 Å². The average molecular weight is 338 g/mol. The van der Waals surface area contributed by atoms with E-state index in [-0.39, 0.29) is 17.4 Å². The van der Waals surface area contributed by atoms with Gasteiger partial charge in [-0.2, -0.15) is 0 Å². The van der Waals surface area contributed by atoms with Crippen LogP contribution < -0.4 is 14.8 Å². The number of carbonyl (C=O) groups excluding carboxylic acids is 1. The molecule has 3 rings (SSSR count). The average Bonchev–Trinajstić information content (AvgIpc) is 3.04. The number of carbonyl (C=O) groups is 1. The van der Waals surface area contributed by atoms with Crippen LogP contribution in [0.25, 0.3) is 0 Å². The molecule has 0 radical (unpaired) electrons. The van der Waals surface area contributed by atoms with E-state index in [1.165, 1.54) is 37.8 Å². The first-order chi connectivity index (χ1) is 11.0. The summed E-state index contributed by atoms with van der Waals surface area (Å²) in [5.41, 5.74) is 0.398. The number of anilines is 1. The van der Waals surface area contributed by atoms with Crippen LogP contribution in [0.5, 0.6) is 5.75 Å². The van der Waals surface area contributed by atoms with Crippen molar-refractivity contribution in [2.75, 3.05) is 18.5 Å². The second-order valence-corrected chi connectivity index (χ2v) is 7.95. The lowest BCUT2D eigenvalue weighted by molar-refractivity contribution is -0.118. The maximum atomic E-state index is 12.3. The zero-order chi connectivity index (χ0) is 16.3. The van der Waals surface area contributed by atoms with E-state index in [0.29, 0.717) is 18.0 Å². The van der Waals surface area contributed by atoms with E-state index in [4.69, 9.17) is 4.74 Å². The first kappa shape index (κ1) is 16.3. The summed E-state index contributed by atoms with van der Waals surface area (Å²) in [7, 11) is -3.56. The molecule has 0 saturated heterocycles. The number of hydrogen-bond donors (Lipinski definition) is 2. The normalized spacial score (nSPS) is 18.3. The lowest BCUT2D eigenvalue weighted by atomic mass is 10.0. The molecule has 6 nitrogen and oxygen atoms in total. The van der Waals surface area contributed by atoms with Crippen molar-refractivity contribution in [3.8, 4) is 5.75 Å². The quantitative estimate of drug-likeness (QED) is 0.779. The van der Waals surface area contributed by atoms with Crippen molar-refractivity contribution < 1.29 is 17.9 Å². The summed E-state index contributed by atoms with van der Waals surface area (Å²) in [6.45, 7) is 0.400. The Morgan fingerprint density at radius 2 is 2.04 bits per heavy atom. The topological polar surface area (TPSA) is 84.5 Å². The molecule has 7 heteroatoms. The van der Waals surface area contributed by atoms with E-state index in [1.54, 1.807) is 6.07 Å². The summed E-state index contributed by atoms with van der Waals surface area (Å²) in [5, 5.41) is 2.62. The van der Waals surface area contributed by atoms with Crippen LogP contribution in [-0.2, 0) is 14.8 Å². The summed E-state index contributed by atoms with van der Waals surface area (Å²) in [6, 6.07) is 4.50. The van der Waals surface area contributed by atoms with Gasteiger partial charge in [0, 0.05) is 6.54 Å². The van der Waals surface area contributed by atoms with Crippen molar-refractivity contribution in [2.24, 2.45) is 5.92 Å². The molecule has 23 heavy (non-hydrogen) atoms. The van der Waals surface area contributed by atoms with Crippen LogP contribution in [0.3, 0.4) is 0 Å². The van der Waals surface area contributed by atoms with Crippen LogP contribution >= 0.6 is 0 Å². The van der Waals surface area contributed by atoms with Gasteiger partial charge < -0.3 is 10.1 Å². The predicted molar refractivity (Wildman–Crippen MR) is 86.9 cm³/mol. The molecule has 126 valence electrons. The van der Waals surface area contributed by atoms with Gasteiger partial charge in [0.25, 0.3) is 5.91 Å². The van der Waals surface area contributed by atoms with Crippen LogP contribution in [0.1, 0.15) is 38.5 Å². The van der Waals surface area contributed by atoms with Crippen LogP contribution in [0.2, 0.25) is 0 Å². The monoisotopic (exact) mass is 338 g/mol. The van der Waals surface area contributed by atoms with E-state index >= 15 is 0 Å². The number of rotatable bonds is 6. The first-order valence-electron chi connectivity index (χ1n) is 8.11. The molecular formula is C16H22N2O4S. The molecule has 0 aromatic heterocycles. The molecule has 1 saturated carbocycles. The van der Waals surface area contributed by atoms with Gasteiger partial charge in [-0.25, -0.2) is 13.1 Å². The SMILES string of the molecule is O=C1COc2ccc(S(=O)(=O)NCCCC3CCCC3)cc2N1. The van der Waals surface area contributed by atoms with E-state index in [2.05, 4.69) is 10.0 Å². The Kier molecular flexibility index (Phi) is 4.87. The van der Waals surface area contributed by atoms with Crippen molar-refractivity contribution in [1.82, 2.24) is 4.72 Å². The van der Waals surface area contributed by atoms with Gasteiger partial charge in [-0.05, 0) is 37.0 Å². The second kappa shape index (κ2) is 6.88. The molecule has 1 aliphatic carbocycles. The lowest BCUT2D eigenvalue weighted by Gasteiger charge is -2.18. The summed E-state index contributed by atoms with van der Waals surface area (Å²) in [5.74, 6) is 0.969. The summed E-state index contributed by atoms with van der Waals surface area (Å²) in [6.07, 6.45) is 7.10. The number of fused-ring (bicyclic) bond motifs is 1. The molecule has 1 aliphatic heterocycles. The Balaban J connectivity index is 1.58. The molecule has 0 atom stereocenters. The number of hydrogen-bond acceptors (Lipinski definition) is 4. The zero-order valence-corrected chi connectivity index (χ0v) is 13.8. The molecule has 0 bridgehead atoms. The third kappa shape index (κ3) is 4.03. The molecule has 1 heterocycles. The summed E-state index contributed by atoms with van der Waals surface area (Å²) >= 11 is 0. The smallest absolute Gasteiger partial charge is 0.262 e. The minimum atomic E-state index is -3.56. The zero-order valence-electron chi connectivity index (χ0n) is 13.0. The van der Waals surface area contributed by atoms with Crippen LogP contribution in [0.4, 0.5) is 5.69 Å². The molecule has 0 spiro atoms. The maximum Gasteiger partial charge on any atom is 0.262 e. The largest absolute Gasteiger partial charge is 0.482 e. The van der Waals surface area contributed by atoms with Gasteiger partial charge in [-0.15, -0.1) is 0 Å². The van der Waals surface area contributed by atoms with E-state index in [1.807, 2.05) is 0 Å². The Morgan fingerprint density at radius 1 is 1.26 bits per heavy atom. The number of sulfonamides is 1. The van der Waals surface area contributed by atoms with Crippen molar-refractivity contribution in [3.05, 3.63) is 18.2 Å². The van der Waals surface area contributed by atoms with Crippen LogP contribution in [-0.4, -0.2) is 27.5 Å². The highest BCUT2D eigenvalue weighted by atomic mass is 32.2. The van der Waals surface area contributed by atoms with Crippen molar-refractivity contribution in [3.63, 3.8) is 0 Å². The van der Waals surface area contributed by atoms with E-state index < -0.39 is 10.0 Å². The highest BCUT2D eigenvalue weighted by Crippen LogP contribution is 2.30. The Labute approximate surface area is 136 Å². The van der Waals surface area contributed by atoms with Gasteiger partial charge in [0.2, 0.25) is 10.0 Å². The molecule has 1 fully saturated rings.